The Labute approximate surface area is 125 Å². The lowest BCUT2D eigenvalue weighted by molar-refractivity contribution is -0.940. The van der Waals surface area contributed by atoms with Crippen LogP contribution in [0.1, 0.15) is 42.5 Å². The van der Waals surface area contributed by atoms with E-state index in [0.717, 1.165) is 6.04 Å². The van der Waals surface area contributed by atoms with E-state index in [9.17, 15) is 9.90 Å². The van der Waals surface area contributed by atoms with Crippen LogP contribution in [-0.4, -0.2) is 37.1 Å². The van der Waals surface area contributed by atoms with Crippen LogP contribution in [0.25, 0.3) is 0 Å². The average Bonchev–Trinajstić information content (AvgIpc) is 2.53. The number of fused-ring (bicyclic) bond motifs is 1. The summed E-state index contributed by atoms with van der Waals surface area (Å²) in [6.45, 7) is 3.35. The number of rotatable bonds is 4. The van der Waals surface area contributed by atoms with Gasteiger partial charge in [0.2, 0.25) is 0 Å². The summed E-state index contributed by atoms with van der Waals surface area (Å²) in [7, 11) is 0. The molecule has 1 aromatic carbocycles. The number of benzene rings is 1. The lowest BCUT2D eigenvalue weighted by atomic mass is 9.84. The first-order valence-electron chi connectivity index (χ1n) is 8.03. The van der Waals surface area contributed by atoms with Gasteiger partial charge in [-0.15, -0.1) is 0 Å². The molecule has 3 rings (SSSR count). The second-order valence-electron chi connectivity index (χ2n) is 6.31. The molecule has 1 aromatic rings. The summed E-state index contributed by atoms with van der Waals surface area (Å²) in [5.41, 5.74) is 0.308. The molecule has 21 heavy (non-hydrogen) atoms. The van der Waals surface area contributed by atoms with Crippen molar-refractivity contribution in [2.75, 3.05) is 19.7 Å². The molecular weight excluding hydrogens is 266 g/mol. The second kappa shape index (κ2) is 6.48. The Morgan fingerprint density at radius 3 is 2.90 bits per heavy atom. The van der Waals surface area contributed by atoms with Crippen LogP contribution < -0.4 is 9.64 Å². The van der Waals surface area contributed by atoms with Gasteiger partial charge in [-0.2, -0.15) is 0 Å². The van der Waals surface area contributed by atoms with E-state index in [2.05, 4.69) is 0 Å². The Morgan fingerprint density at radius 2 is 2.10 bits per heavy atom. The highest BCUT2D eigenvalue weighted by Crippen LogP contribution is 2.25. The van der Waals surface area contributed by atoms with Gasteiger partial charge >= 0.3 is 0 Å². The minimum absolute atomic E-state index is 0.00365. The number of hydrogen-bond acceptors (Lipinski definition) is 3. The standard InChI is InChI=1S/C17H23NO3/c19-11-13-6-7-15(10-17(13)20)21-12-14-4-3-9-18-8-2-1-5-16(14)18/h6-7,10-11,14,16,20H,1-5,8-9,12H2/p+1/t14-,16-/m0/s1. The Hall–Kier alpha value is -1.55. The van der Waals surface area contributed by atoms with Gasteiger partial charge in [0.15, 0.2) is 6.29 Å². The van der Waals surface area contributed by atoms with Gasteiger partial charge in [-0.25, -0.2) is 0 Å². The molecule has 2 heterocycles. The van der Waals surface area contributed by atoms with Crippen LogP contribution in [0.3, 0.4) is 0 Å². The van der Waals surface area contributed by atoms with Gasteiger partial charge in [-0.1, -0.05) is 0 Å². The highest BCUT2D eigenvalue weighted by molar-refractivity contribution is 5.79. The van der Waals surface area contributed by atoms with Crippen molar-refractivity contribution < 1.29 is 19.5 Å². The second-order valence-corrected chi connectivity index (χ2v) is 6.31. The topological polar surface area (TPSA) is 51.0 Å². The van der Waals surface area contributed by atoms with Crippen LogP contribution in [0.5, 0.6) is 11.5 Å². The monoisotopic (exact) mass is 290 g/mol. The number of ether oxygens (including phenoxy) is 1. The Kier molecular flexibility index (Phi) is 4.44. The molecule has 0 aliphatic carbocycles. The van der Waals surface area contributed by atoms with Crippen molar-refractivity contribution in [3.63, 3.8) is 0 Å². The molecule has 2 N–H and O–H groups in total. The Bertz CT molecular complexity index is 501. The first-order chi connectivity index (χ1) is 10.3. The van der Waals surface area contributed by atoms with Gasteiger partial charge < -0.3 is 14.7 Å². The number of quaternary nitrogens is 1. The number of hydrogen-bond donors (Lipinski definition) is 2. The SMILES string of the molecule is O=Cc1ccc(OC[C@@H]2CCC[NH+]3CCCC[C@@H]23)cc1O. The summed E-state index contributed by atoms with van der Waals surface area (Å²) < 4.78 is 5.89. The molecule has 0 saturated carbocycles. The van der Waals surface area contributed by atoms with Crippen molar-refractivity contribution in [3.05, 3.63) is 23.8 Å². The predicted molar refractivity (Wildman–Crippen MR) is 80.0 cm³/mol. The first-order valence-corrected chi connectivity index (χ1v) is 8.03. The average molecular weight is 290 g/mol. The van der Waals surface area contributed by atoms with Gasteiger partial charge in [0.25, 0.3) is 0 Å². The van der Waals surface area contributed by atoms with Gasteiger partial charge in [0.1, 0.15) is 11.5 Å². The smallest absolute Gasteiger partial charge is 0.153 e. The molecule has 0 aromatic heterocycles. The van der Waals surface area contributed by atoms with E-state index in [1.807, 2.05) is 0 Å². The predicted octanol–water partition coefficient (Wildman–Crippen LogP) is 1.43. The number of nitrogens with one attached hydrogen (secondary N) is 1. The molecule has 0 spiro atoms. The van der Waals surface area contributed by atoms with Crippen LogP contribution in [0.15, 0.2) is 18.2 Å². The number of piperidine rings is 2. The van der Waals surface area contributed by atoms with Gasteiger partial charge in [0, 0.05) is 12.0 Å². The number of aromatic hydroxyl groups is 1. The number of phenols is 1. The van der Waals surface area contributed by atoms with Crippen molar-refractivity contribution >= 4 is 6.29 Å². The number of aldehydes is 1. The van der Waals surface area contributed by atoms with Crippen molar-refractivity contribution in [3.8, 4) is 11.5 Å². The molecule has 1 unspecified atom stereocenters. The third kappa shape index (κ3) is 3.21. The fourth-order valence-corrected chi connectivity index (χ4v) is 3.89. The minimum Gasteiger partial charge on any atom is -0.507 e. The molecule has 2 aliphatic rings. The van der Waals surface area contributed by atoms with Gasteiger partial charge in [-0.3, -0.25) is 4.79 Å². The maximum atomic E-state index is 10.7. The quantitative estimate of drug-likeness (QED) is 0.825. The van der Waals surface area contributed by atoms with Crippen LogP contribution >= 0.6 is 0 Å². The summed E-state index contributed by atoms with van der Waals surface area (Å²) in [5.74, 6) is 1.26. The molecule has 2 saturated heterocycles. The molecule has 0 radical (unpaired) electrons. The molecule has 114 valence electrons. The first kappa shape index (κ1) is 14.4. The molecule has 4 heteroatoms. The largest absolute Gasteiger partial charge is 0.507 e. The van der Waals surface area contributed by atoms with Gasteiger partial charge in [-0.05, 0) is 44.2 Å². The lowest BCUT2D eigenvalue weighted by Crippen LogP contribution is -3.18. The lowest BCUT2D eigenvalue weighted by Gasteiger charge is -2.41. The maximum absolute atomic E-state index is 10.7. The van der Waals surface area contributed by atoms with Crippen molar-refractivity contribution in [1.29, 1.82) is 0 Å². The Balaban J connectivity index is 1.61. The van der Waals surface area contributed by atoms with E-state index in [0.29, 0.717) is 30.1 Å². The van der Waals surface area contributed by atoms with E-state index in [4.69, 9.17) is 4.74 Å². The van der Waals surface area contributed by atoms with Gasteiger partial charge in [0.05, 0.1) is 31.3 Å². The highest BCUT2D eigenvalue weighted by Gasteiger charge is 2.36. The van der Waals surface area contributed by atoms with E-state index in [1.165, 1.54) is 51.3 Å². The van der Waals surface area contributed by atoms with E-state index in [-0.39, 0.29) is 5.75 Å². The van der Waals surface area contributed by atoms with Crippen LogP contribution in [-0.2, 0) is 0 Å². The van der Waals surface area contributed by atoms with E-state index >= 15 is 0 Å². The van der Waals surface area contributed by atoms with Crippen molar-refractivity contribution in [1.82, 2.24) is 0 Å². The molecule has 4 nitrogen and oxygen atoms in total. The zero-order chi connectivity index (χ0) is 14.7. The zero-order valence-electron chi connectivity index (χ0n) is 12.4. The maximum Gasteiger partial charge on any atom is 0.153 e. The third-order valence-electron chi connectivity index (χ3n) is 5.02. The Morgan fingerprint density at radius 1 is 1.24 bits per heavy atom. The third-order valence-corrected chi connectivity index (χ3v) is 5.02. The summed E-state index contributed by atoms with van der Waals surface area (Å²) in [4.78, 5) is 12.5. The highest BCUT2D eigenvalue weighted by atomic mass is 16.5. The fourth-order valence-electron chi connectivity index (χ4n) is 3.89. The normalized spacial score (nSPS) is 28.7. The number of phenolic OH excluding ortho intramolecular Hbond substituents is 1. The summed E-state index contributed by atoms with van der Waals surface area (Å²) in [5, 5.41) is 9.70. The molecule has 2 fully saturated rings. The van der Waals surface area contributed by atoms with Crippen LogP contribution in [0.2, 0.25) is 0 Å². The van der Waals surface area contributed by atoms with E-state index < -0.39 is 0 Å². The molecule has 0 amide bonds. The van der Waals surface area contributed by atoms with Crippen LogP contribution in [0.4, 0.5) is 0 Å². The van der Waals surface area contributed by atoms with Crippen LogP contribution in [0, 0.1) is 5.92 Å². The zero-order valence-corrected chi connectivity index (χ0v) is 12.4. The molecule has 3 atom stereocenters. The van der Waals surface area contributed by atoms with E-state index in [1.54, 1.807) is 17.0 Å². The van der Waals surface area contributed by atoms with Crippen molar-refractivity contribution in [2.45, 2.75) is 38.1 Å². The number of carbonyl (C=O) groups is 1. The number of carbonyl (C=O) groups excluding carboxylic acids is 1. The fraction of sp³-hybridized carbons (Fsp3) is 0.588. The minimum atomic E-state index is -0.00365. The summed E-state index contributed by atoms with van der Waals surface area (Å²) >= 11 is 0. The molecule has 2 aliphatic heterocycles. The summed E-state index contributed by atoms with van der Waals surface area (Å²) in [6.07, 6.45) is 7.21. The summed E-state index contributed by atoms with van der Waals surface area (Å²) in [6, 6.07) is 5.65. The molecule has 0 bridgehead atoms. The van der Waals surface area contributed by atoms with Crippen molar-refractivity contribution in [2.24, 2.45) is 5.92 Å². The molecular formula is C17H24NO3+.